The molecule has 4 rings (SSSR count). The number of para-hydroxylation sites is 1. The highest BCUT2D eigenvalue weighted by Gasteiger charge is 2.30. The molecule has 7 heteroatoms. The van der Waals surface area contributed by atoms with E-state index in [4.69, 9.17) is 0 Å². The van der Waals surface area contributed by atoms with Gasteiger partial charge in [-0.1, -0.05) is 18.2 Å². The summed E-state index contributed by atoms with van der Waals surface area (Å²) in [5.41, 5.74) is 2.01. The lowest BCUT2D eigenvalue weighted by Crippen LogP contribution is -2.36. The van der Waals surface area contributed by atoms with Crippen LogP contribution < -0.4 is 9.21 Å². The number of fused-ring (bicyclic) bond motifs is 1. The number of hydrogen-bond donors (Lipinski definition) is 0. The molecule has 2 aromatic carbocycles. The number of hydrogen-bond acceptors (Lipinski definition) is 3. The van der Waals surface area contributed by atoms with Crippen molar-refractivity contribution in [3.05, 3.63) is 59.4 Å². The van der Waals surface area contributed by atoms with Gasteiger partial charge in [0, 0.05) is 18.7 Å². The first-order valence-electron chi connectivity index (χ1n) is 8.67. The molecule has 1 amide bonds. The summed E-state index contributed by atoms with van der Waals surface area (Å²) in [7, 11) is -3.31. The third kappa shape index (κ3) is 2.86. The Morgan fingerprint density at radius 3 is 2.62 bits per heavy atom. The van der Waals surface area contributed by atoms with Crippen molar-refractivity contribution in [3.8, 4) is 0 Å². The fourth-order valence-corrected chi connectivity index (χ4v) is 5.24. The molecular weight excluding hydrogens is 355 g/mol. The second kappa shape index (κ2) is 6.39. The second-order valence-electron chi connectivity index (χ2n) is 6.60. The molecular formula is C19H19FN2O3S. The summed E-state index contributed by atoms with van der Waals surface area (Å²) in [6.07, 6.45) is 2.08. The van der Waals surface area contributed by atoms with Crippen molar-refractivity contribution in [1.29, 1.82) is 0 Å². The number of aryl methyl sites for hydroxylation is 1. The maximum Gasteiger partial charge on any atom is 0.258 e. The normalized spacial score (nSPS) is 18.7. The van der Waals surface area contributed by atoms with Gasteiger partial charge >= 0.3 is 0 Å². The zero-order chi connectivity index (χ0) is 18.3. The molecule has 0 bridgehead atoms. The van der Waals surface area contributed by atoms with Gasteiger partial charge in [0.15, 0.2) is 0 Å². The van der Waals surface area contributed by atoms with Crippen LogP contribution in [0.3, 0.4) is 0 Å². The van der Waals surface area contributed by atoms with Crippen LogP contribution in [0.25, 0.3) is 0 Å². The van der Waals surface area contributed by atoms with Gasteiger partial charge in [-0.15, -0.1) is 0 Å². The van der Waals surface area contributed by atoms with Gasteiger partial charge in [-0.2, -0.15) is 0 Å². The van der Waals surface area contributed by atoms with Gasteiger partial charge in [-0.25, -0.2) is 12.8 Å². The Bertz CT molecular complexity index is 974. The predicted molar refractivity (Wildman–Crippen MR) is 98.6 cm³/mol. The van der Waals surface area contributed by atoms with E-state index in [2.05, 4.69) is 0 Å². The first-order chi connectivity index (χ1) is 12.5. The van der Waals surface area contributed by atoms with E-state index in [9.17, 15) is 17.6 Å². The average Bonchev–Trinajstić information content (AvgIpc) is 3.00. The van der Waals surface area contributed by atoms with Gasteiger partial charge in [0.2, 0.25) is 10.0 Å². The number of halogens is 1. The van der Waals surface area contributed by atoms with Crippen molar-refractivity contribution < 1.29 is 17.6 Å². The minimum atomic E-state index is -3.31. The molecule has 0 atom stereocenters. The maximum absolute atomic E-state index is 14.3. The quantitative estimate of drug-likeness (QED) is 0.812. The molecule has 136 valence electrons. The maximum atomic E-state index is 14.3. The molecule has 1 saturated heterocycles. The van der Waals surface area contributed by atoms with E-state index in [1.807, 2.05) is 6.07 Å². The zero-order valence-corrected chi connectivity index (χ0v) is 15.0. The van der Waals surface area contributed by atoms with Crippen molar-refractivity contribution in [2.24, 2.45) is 0 Å². The molecule has 0 unspecified atom stereocenters. The molecule has 0 aromatic heterocycles. The molecule has 2 aliphatic heterocycles. The summed E-state index contributed by atoms with van der Waals surface area (Å²) < 4.78 is 40.0. The minimum Gasteiger partial charge on any atom is -0.305 e. The van der Waals surface area contributed by atoms with Crippen LogP contribution in [-0.4, -0.2) is 33.2 Å². The molecule has 0 radical (unpaired) electrons. The van der Waals surface area contributed by atoms with Gasteiger partial charge in [0.25, 0.3) is 5.91 Å². The average molecular weight is 374 g/mol. The molecule has 2 aromatic rings. The van der Waals surface area contributed by atoms with Crippen LogP contribution in [-0.2, 0) is 16.4 Å². The van der Waals surface area contributed by atoms with E-state index in [1.165, 1.54) is 15.3 Å². The molecule has 0 saturated carbocycles. The molecule has 0 spiro atoms. The number of carbonyl (C=O) groups is 1. The van der Waals surface area contributed by atoms with E-state index in [-0.39, 0.29) is 11.7 Å². The Hall–Kier alpha value is -2.41. The van der Waals surface area contributed by atoms with Crippen molar-refractivity contribution in [3.63, 3.8) is 0 Å². The van der Waals surface area contributed by atoms with Crippen LogP contribution in [0.1, 0.15) is 28.8 Å². The Kier molecular flexibility index (Phi) is 4.19. The van der Waals surface area contributed by atoms with Crippen LogP contribution in [0, 0.1) is 5.82 Å². The molecule has 0 N–H and O–H groups in total. The van der Waals surface area contributed by atoms with Crippen LogP contribution >= 0.6 is 0 Å². The first kappa shape index (κ1) is 17.0. The van der Waals surface area contributed by atoms with Crippen molar-refractivity contribution in [2.75, 3.05) is 28.0 Å². The van der Waals surface area contributed by atoms with E-state index >= 15 is 0 Å². The van der Waals surface area contributed by atoms with Gasteiger partial charge in [0.05, 0.1) is 17.1 Å². The Morgan fingerprint density at radius 2 is 1.85 bits per heavy atom. The van der Waals surface area contributed by atoms with Crippen LogP contribution in [0.15, 0.2) is 42.5 Å². The lowest BCUT2D eigenvalue weighted by atomic mass is 10.00. The Morgan fingerprint density at radius 1 is 1.04 bits per heavy atom. The van der Waals surface area contributed by atoms with E-state index in [0.29, 0.717) is 36.4 Å². The molecule has 5 nitrogen and oxygen atoms in total. The van der Waals surface area contributed by atoms with E-state index in [1.54, 1.807) is 30.3 Å². The molecule has 26 heavy (non-hydrogen) atoms. The van der Waals surface area contributed by atoms with Gasteiger partial charge < -0.3 is 4.90 Å². The molecule has 1 fully saturated rings. The van der Waals surface area contributed by atoms with Crippen molar-refractivity contribution in [1.82, 2.24) is 0 Å². The minimum absolute atomic E-state index is 0.121. The Labute approximate surface area is 152 Å². The highest BCUT2D eigenvalue weighted by molar-refractivity contribution is 7.93. The zero-order valence-electron chi connectivity index (χ0n) is 14.2. The van der Waals surface area contributed by atoms with E-state index in [0.717, 1.165) is 18.4 Å². The summed E-state index contributed by atoms with van der Waals surface area (Å²) in [6.45, 7) is 0.861. The Balaban J connectivity index is 1.70. The SMILES string of the molecule is O=C(c1cccc(N2CCCS2(=O)=O)c1)N1CCCc2cccc(F)c21. The van der Waals surface area contributed by atoms with Crippen LogP contribution in [0.2, 0.25) is 0 Å². The fourth-order valence-electron chi connectivity index (χ4n) is 3.69. The van der Waals surface area contributed by atoms with Crippen molar-refractivity contribution in [2.45, 2.75) is 19.3 Å². The largest absolute Gasteiger partial charge is 0.305 e. The number of amides is 1. The highest BCUT2D eigenvalue weighted by atomic mass is 32.2. The van der Waals surface area contributed by atoms with Crippen LogP contribution in [0.4, 0.5) is 15.8 Å². The highest BCUT2D eigenvalue weighted by Crippen LogP contribution is 2.32. The lowest BCUT2D eigenvalue weighted by molar-refractivity contribution is 0.0984. The monoisotopic (exact) mass is 374 g/mol. The van der Waals surface area contributed by atoms with Gasteiger partial charge in [-0.05, 0) is 49.1 Å². The first-order valence-corrected chi connectivity index (χ1v) is 10.3. The summed E-state index contributed by atoms with van der Waals surface area (Å²) in [5.74, 6) is -0.598. The number of sulfonamides is 1. The molecule has 0 aliphatic carbocycles. The second-order valence-corrected chi connectivity index (χ2v) is 8.61. The molecule has 2 heterocycles. The number of nitrogens with zero attached hydrogens (tertiary/aromatic N) is 2. The lowest BCUT2D eigenvalue weighted by Gasteiger charge is -2.30. The summed E-state index contributed by atoms with van der Waals surface area (Å²) in [4.78, 5) is 14.5. The molecule has 2 aliphatic rings. The number of anilines is 2. The summed E-state index contributed by atoms with van der Waals surface area (Å²) >= 11 is 0. The third-order valence-electron chi connectivity index (χ3n) is 4.89. The standard InChI is InChI=1S/C19H19FN2O3S/c20-17-9-2-5-14-7-3-10-21(18(14)17)19(23)15-6-1-8-16(13-15)22-11-4-12-26(22,24)25/h1-2,5-6,8-9,13H,3-4,7,10-12H2. The van der Waals surface area contributed by atoms with Gasteiger partial charge in [-0.3, -0.25) is 9.10 Å². The number of benzene rings is 2. The fraction of sp³-hybridized carbons (Fsp3) is 0.316. The van der Waals surface area contributed by atoms with E-state index < -0.39 is 15.8 Å². The summed E-state index contributed by atoms with van der Waals surface area (Å²) in [6, 6.07) is 11.4. The van der Waals surface area contributed by atoms with Crippen LogP contribution in [0.5, 0.6) is 0 Å². The van der Waals surface area contributed by atoms with Crippen molar-refractivity contribution >= 4 is 27.3 Å². The smallest absolute Gasteiger partial charge is 0.258 e. The number of rotatable bonds is 2. The topological polar surface area (TPSA) is 57.7 Å². The number of carbonyl (C=O) groups excluding carboxylic acids is 1. The summed E-state index contributed by atoms with van der Waals surface area (Å²) in [5, 5.41) is 0. The third-order valence-corrected chi connectivity index (χ3v) is 6.76. The predicted octanol–water partition coefficient (Wildman–Crippen LogP) is 2.96. The van der Waals surface area contributed by atoms with Gasteiger partial charge in [0.1, 0.15) is 5.82 Å².